The average Bonchev–Trinajstić information content (AvgIpc) is 2.56. The second-order valence-corrected chi connectivity index (χ2v) is 5.51. The lowest BCUT2D eigenvalue weighted by atomic mass is 10.1. The number of halogens is 2. The molecule has 1 N–H and O–H groups in total. The maximum atomic E-state index is 9.60. The fraction of sp³-hybridized carbons (Fsp3) is 0.308. The van der Waals surface area contributed by atoms with Crippen molar-refractivity contribution < 1.29 is 5.11 Å². The van der Waals surface area contributed by atoms with Crippen molar-refractivity contribution in [1.29, 1.82) is 0 Å². The van der Waals surface area contributed by atoms with Crippen molar-refractivity contribution in [3.05, 3.63) is 44.6 Å². The van der Waals surface area contributed by atoms with Crippen LogP contribution >= 0.6 is 27.5 Å². The molecule has 2 rings (SSSR count). The predicted octanol–water partition coefficient (Wildman–Crippen LogP) is 3.96. The SMILES string of the molecule is Cc1nn(-c2ccc(C(C)O)c(Br)c2)c(C)c1Cl. The van der Waals surface area contributed by atoms with Gasteiger partial charge in [-0.25, -0.2) is 4.68 Å². The van der Waals surface area contributed by atoms with Gasteiger partial charge in [0.1, 0.15) is 0 Å². The van der Waals surface area contributed by atoms with Crippen molar-refractivity contribution in [3.63, 3.8) is 0 Å². The molecule has 0 saturated carbocycles. The van der Waals surface area contributed by atoms with Crippen molar-refractivity contribution in [2.45, 2.75) is 26.9 Å². The van der Waals surface area contributed by atoms with Crippen LogP contribution in [0.3, 0.4) is 0 Å². The zero-order valence-electron chi connectivity index (χ0n) is 10.4. The Labute approximate surface area is 120 Å². The van der Waals surface area contributed by atoms with Gasteiger partial charge in [0.2, 0.25) is 0 Å². The van der Waals surface area contributed by atoms with Crippen LogP contribution in [0.1, 0.15) is 30.0 Å². The summed E-state index contributed by atoms with van der Waals surface area (Å²) in [5.41, 5.74) is 3.49. The minimum absolute atomic E-state index is 0.502. The Hall–Kier alpha value is -0.840. The van der Waals surface area contributed by atoms with Crippen molar-refractivity contribution >= 4 is 27.5 Å². The number of benzene rings is 1. The molecule has 0 aliphatic rings. The second kappa shape index (κ2) is 5.03. The molecule has 1 aromatic carbocycles. The molecule has 1 aromatic heterocycles. The van der Waals surface area contributed by atoms with Gasteiger partial charge in [0.15, 0.2) is 0 Å². The first-order chi connectivity index (χ1) is 8.41. The van der Waals surface area contributed by atoms with Crippen LogP contribution in [0.4, 0.5) is 0 Å². The van der Waals surface area contributed by atoms with E-state index in [9.17, 15) is 5.11 Å². The summed E-state index contributed by atoms with van der Waals surface area (Å²) in [7, 11) is 0. The Kier molecular flexibility index (Phi) is 3.80. The molecule has 1 heterocycles. The van der Waals surface area contributed by atoms with E-state index in [1.54, 1.807) is 11.6 Å². The Balaban J connectivity index is 2.52. The zero-order chi connectivity index (χ0) is 13.4. The molecule has 1 unspecified atom stereocenters. The molecule has 0 aliphatic heterocycles. The number of hydrogen-bond acceptors (Lipinski definition) is 2. The molecule has 2 aromatic rings. The third-order valence-corrected chi connectivity index (χ3v) is 4.12. The van der Waals surface area contributed by atoms with Crippen LogP contribution in [0, 0.1) is 13.8 Å². The lowest BCUT2D eigenvalue weighted by Crippen LogP contribution is -2.01. The topological polar surface area (TPSA) is 38.0 Å². The molecule has 18 heavy (non-hydrogen) atoms. The van der Waals surface area contributed by atoms with E-state index in [0.29, 0.717) is 5.02 Å². The van der Waals surface area contributed by atoms with Gasteiger partial charge >= 0.3 is 0 Å². The molecule has 96 valence electrons. The summed E-state index contributed by atoms with van der Waals surface area (Å²) in [6.45, 7) is 5.55. The number of aliphatic hydroxyl groups is 1. The minimum atomic E-state index is -0.502. The van der Waals surface area contributed by atoms with Crippen molar-refractivity contribution in [2.24, 2.45) is 0 Å². The molecule has 0 saturated heterocycles. The van der Waals surface area contributed by atoms with Crippen LogP contribution in [0.25, 0.3) is 5.69 Å². The summed E-state index contributed by atoms with van der Waals surface area (Å²) >= 11 is 9.60. The number of rotatable bonds is 2. The zero-order valence-corrected chi connectivity index (χ0v) is 12.7. The van der Waals surface area contributed by atoms with E-state index in [4.69, 9.17) is 11.6 Å². The molecular formula is C13H14BrClN2O. The fourth-order valence-corrected chi connectivity index (χ4v) is 2.68. The van der Waals surface area contributed by atoms with Gasteiger partial charge in [-0.3, -0.25) is 0 Å². The van der Waals surface area contributed by atoms with Crippen LogP contribution < -0.4 is 0 Å². The van der Waals surface area contributed by atoms with Crippen LogP contribution in [-0.2, 0) is 0 Å². The summed E-state index contributed by atoms with van der Waals surface area (Å²) in [6, 6.07) is 5.73. The maximum absolute atomic E-state index is 9.60. The van der Waals surface area contributed by atoms with Gasteiger partial charge in [-0.15, -0.1) is 0 Å². The first-order valence-electron chi connectivity index (χ1n) is 5.61. The van der Waals surface area contributed by atoms with Crippen LogP contribution in [-0.4, -0.2) is 14.9 Å². The maximum Gasteiger partial charge on any atom is 0.0848 e. The standard InChI is InChI=1S/C13H14BrClN2O/c1-7-13(15)8(2)17(16-7)10-4-5-11(9(3)18)12(14)6-10/h4-6,9,18H,1-3H3. The number of hydrogen-bond donors (Lipinski definition) is 1. The van der Waals surface area contributed by atoms with Crippen LogP contribution in [0.15, 0.2) is 22.7 Å². The van der Waals surface area contributed by atoms with Crippen molar-refractivity contribution in [1.82, 2.24) is 9.78 Å². The molecule has 0 bridgehead atoms. The van der Waals surface area contributed by atoms with Crippen molar-refractivity contribution in [3.8, 4) is 5.69 Å². The largest absolute Gasteiger partial charge is 0.389 e. The highest BCUT2D eigenvalue weighted by atomic mass is 79.9. The van der Waals surface area contributed by atoms with E-state index < -0.39 is 6.10 Å². The number of aromatic nitrogens is 2. The van der Waals surface area contributed by atoms with E-state index >= 15 is 0 Å². The van der Waals surface area contributed by atoms with Gasteiger partial charge in [0.25, 0.3) is 0 Å². The van der Waals surface area contributed by atoms with Gasteiger partial charge in [-0.1, -0.05) is 33.6 Å². The number of nitrogens with zero attached hydrogens (tertiary/aromatic N) is 2. The average molecular weight is 330 g/mol. The fourth-order valence-electron chi connectivity index (χ4n) is 1.86. The van der Waals surface area contributed by atoms with E-state index in [1.807, 2.05) is 32.0 Å². The Morgan fingerprint density at radius 2 is 2.06 bits per heavy atom. The predicted molar refractivity (Wildman–Crippen MR) is 76.4 cm³/mol. The number of aryl methyl sites for hydroxylation is 1. The summed E-state index contributed by atoms with van der Waals surface area (Å²) < 4.78 is 2.66. The highest BCUT2D eigenvalue weighted by molar-refractivity contribution is 9.10. The monoisotopic (exact) mass is 328 g/mol. The smallest absolute Gasteiger partial charge is 0.0848 e. The van der Waals surface area contributed by atoms with E-state index in [0.717, 1.165) is 27.1 Å². The lowest BCUT2D eigenvalue weighted by Gasteiger charge is -2.10. The molecule has 3 nitrogen and oxygen atoms in total. The first-order valence-corrected chi connectivity index (χ1v) is 6.78. The molecule has 1 atom stereocenters. The van der Waals surface area contributed by atoms with Crippen LogP contribution in [0.2, 0.25) is 5.02 Å². The molecule has 0 fully saturated rings. The third-order valence-electron chi connectivity index (χ3n) is 2.88. The normalized spacial score (nSPS) is 12.8. The highest BCUT2D eigenvalue weighted by Crippen LogP contribution is 2.28. The van der Waals surface area contributed by atoms with Crippen molar-refractivity contribution in [2.75, 3.05) is 0 Å². The Morgan fingerprint density at radius 1 is 1.39 bits per heavy atom. The molecule has 0 aliphatic carbocycles. The van der Waals surface area contributed by atoms with Gasteiger partial charge in [0.05, 0.1) is 28.2 Å². The molecule has 0 amide bonds. The summed E-state index contributed by atoms with van der Waals surface area (Å²) in [4.78, 5) is 0. The summed E-state index contributed by atoms with van der Waals surface area (Å²) in [5.74, 6) is 0. The lowest BCUT2D eigenvalue weighted by molar-refractivity contribution is 0.198. The highest BCUT2D eigenvalue weighted by Gasteiger charge is 2.13. The quantitative estimate of drug-likeness (QED) is 0.905. The second-order valence-electron chi connectivity index (χ2n) is 4.28. The molecule has 0 spiro atoms. The number of aliphatic hydroxyl groups excluding tert-OH is 1. The third kappa shape index (κ3) is 2.32. The van der Waals surface area contributed by atoms with Gasteiger partial charge in [-0.2, -0.15) is 5.10 Å². The summed E-state index contributed by atoms with van der Waals surface area (Å²) in [6.07, 6.45) is -0.502. The molecule has 5 heteroatoms. The van der Waals surface area contributed by atoms with E-state index in [1.165, 1.54) is 0 Å². The van der Waals surface area contributed by atoms with E-state index in [-0.39, 0.29) is 0 Å². The minimum Gasteiger partial charge on any atom is -0.389 e. The van der Waals surface area contributed by atoms with Gasteiger partial charge in [-0.05, 0) is 38.5 Å². The first kappa shape index (κ1) is 13.6. The van der Waals surface area contributed by atoms with Crippen LogP contribution in [0.5, 0.6) is 0 Å². The van der Waals surface area contributed by atoms with Gasteiger partial charge in [0, 0.05) is 4.47 Å². The Bertz CT molecular complexity index is 593. The molecular weight excluding hydrogens is 316 g/mol. The molecule has 0 radical (unpaired) electrons. The van der Waals surface area contributed by atoms with Gasteiger partial charge < -0.3 is 5.11 Å². The summed E-state index contributed by atoms with van der Waals surface area (Å²) in [5, 5.41) is 14.7. The Morgan fingerprint density at radius 3 is 2.50 bits per heavy atom. The van der Waals surface area contributed by atoms with E-state index in [2.05, 4.69) is 21.0 Å².